The molecular weight excluding hydrogens is 210 g/mol. The molecule has 15 heavy (non-hydrogen) atoms. The number of hydrogen-bond donors (Lipinski definition) is 1. The Morgan fingerprint density at radius 2 is 2.20 bits per heavy atom. The van der Waals surface area contributed by atoms with Crippen molar-refractivity contribution in [2.75, 3.05) is 19.0 Å². The predicted octanol–water partition coefficient (Wildman–Crippen LogP) is 1.39. The fourth-order valence-electron chi connectivity index (χ4n) is 1.28. The van der Waals surface area contributed by atoms with Gasteiger partial charge in [-0.05, 0) is 30.4 Å². The Kier molecular flexibility index (Phi) is 2.51. The lowest BCUT2D eigenvalue weighted by Crippen LogP contribution is -2.09. The maximum absolute atomic E-state index is 5.02. The highest BCUT2D eigenvalue weighted by molar-refractivity contribution is 7.71. The zero-order valence-electron chi connectivity index (χ0n) is 8.51. The van der Waals surface area contributed by atoms with Crippen LogP contribution in [-0.4, -0.2) is 34.3 Å². The molecule has 0 unspecified atom stereocenters. The average Bonchev–Trinajstić information content (AvgIpc) is 2.64. The van der Waals surface area contributed by atoms with E-state index in [-0.39, 0.29) is 0 Å². The van der Waals surface area contributed by atoms with Crippen LogP contribution in [0.25, 0.3) is 5.69 Å². The molecule has 0 amide bonds. The minimum absolute atomic E-state index is 0.422. The van der Waals surface area contributed by atoms with E-state index < -0.39 is 0 Å². The molecule has 2 aromatic rings. The van der Waals surface area contributed by atoms with Crippen molar-refractivity contribution in [3.05, 3.63) is 29.0 Å². The molecule has 0 radical (unpaired) electrons. The largest absolute Gasteiger partial charge is 0.378 e. The second-order valence-corrected chi connectivity index (χ2v) is 3.70. The van der Waals surface area contributed by atoms with Crippen molar-refractivity contribution in [1.29, 1.82) is 0 Å². The molecule has 2 rings (SSSR count). The van der Waals surface area contributed by atoms with Crippen molar-refractivity contribution < 1.29 is 0 Å². The number of rotatable bonds is 2. The Morgan fingerprint density at radius 3 is 2.80 bits per heavy atom. The molecule has 1 heterocycles. The van der Waals surface area contributed by atoms with Gasteiger partial charge in [-0.1, -0.05) is 16.4 Å². The predicted molar refractivity (Wildman–Crippen MR) is 60.9 cm³/mol. The number of benzene rings is 1. The van der Waals surface area contributed by atoms with Crippen LogP contribution in [0, 0.1) is 4.77 Å². The van der Waals surface area contributed by atoms with Crippen LogP contribution in [0.5, 0.6) is 0 Å². The van der Waals surface area contributed by atoms with Gasteiger partial charge in [-0.25, -0.2) is 4.68 Å². The smallest absolute Gasteiger partial charge is 0.242 e. The van der Waals surface area contributed by atoms with Crippen LogP contribution in [0.15, 0.2) is 24.3 Å². The summed E-state index contributed by atoms with van der Waals surface area (Å²) in [7, 11) is 3.98. The molecule has 0 fully saturated rings. The van der Waals surface area contributed by atoms with Gasteiger partial charge in [0.25, 0.3) is 0 Å². The molecule has 0 spiro atoms. The van der Waals surface area contributed by atoms with Crippen molar-refractivity contribution in [2.45, 2.75) is 0 Å². The van der Waals surface area contributed by atoms with Crippen LogP contribution in [0.2, 0.25) is 0 Å². The van der Waals surface area contributed by atoms with Crippen molar-refractivity contribution in [1.82, 2.24) is 20.2 Å². The second kappa shape index (κ2) is 3.82. The summed E-state index contributed by atoms with van der Waals surface area (Å²) in [6.45, 7) is 0. The van der Waals surface area contributed by atoms with Crippen LogP contribution >= 0.6 is 12.2 Å². The van der Waals surface area contributed by atoms with Gasteiger partial charge in [-0.15, -0.1) is 0 Å². The number of H-pyrrole nitrogens is 1. The van der Waals surface area contributed by atoms with E-state index in [1.807, 2.05) is 43.3 Å². The van der Waals surface area contributed by atoms with Gasteiger partial charge in [0, 0.05) is 19.8 Å². The summed E-state index contributed by atoms with van der Waals surface area (Å²) in [5, 5.41) is 10.1. The van der Waals surface area contributed by atoms with Gasteiger partial charge in [-0.3, -0.25) is 0 Å². The van der Waals surface area contributed by atoms with Crippen LogP contribution in [0.4, 0.5) is 5.69 Å². The molecule has 0 aliphatic heterocycles. The molecule has 5 nitrogen and oxygen atoms in total. The summed E-state index contributed by atoms with van der Waals surface area (Å²) in [4.78, 5) is 2.02. The minimum Gasteiger partial charge on any atom is -0.378 e. The zero-order valence-corrected chi connectivity index (χ0v) is 9.32. The Hall–Kier alpha value is -1.69. The molecule has 0 bridgehead atoms. The Labute approximate surface area is 92.3 Å². The normalized spacial score (nSPS) is 10.3. The molecule has 1 N–H and O–H groups in total. The quantitative estimate of drug-likeness (QED) is 0.779. The van der Waals surface area contributed by atoms with Gasteiger partial charge in [0.1, 0.15) is 0 Å². The van der Waals surface area contributed by atoms with E-state index in [2.05, 4.69) is 15.5 Å². The number of aromatic nitrogens is 4. The molecule has 78 valence electrons. The summed E-state index contributed by atoms with van der Waals surface area (Å²) in [6.07, 6.45) is 0. The van der Waals surface area contributed by atoms with Crippen molar-refractivity contribution >= 4 is 17.9 Å². The fraction of sp³-hybridized carbons (Fsp3) is 0.222. The van der Waals surface area contributed by atoms with E-state index in [1.54, 1.807) is 4.68 Å². The third-order valence-corrected chi connectivity index (χ3v) is 2.34. The Bertz CT molecular complexity index is 513. The summed E-state index contributed by atoms with van der Waals surface area (Å²) in [6, 6.07) is 7.95. The van der Waals surface area contributed by atoms with Gasteiger partial charge < -0.3 is 4.90 Å². The molecule has 0 saturated heterocycles. The summed E-state index contributed by atoms with van der Waals surface area (Å²) >= 11 is 5.02. The lowest BCUT2D eigenvalue weighted by Gasteiger charge is -2.13. The van der Waals surface area contributed by atoms with Crippen LogP contribution < -0.4 is 4.90 Å². The lowest BCUT2D eigenvalue weighted by atomic mass is 10.2. The van der Waals surface area contributed by atoms with Gasteiger partial charge in [0.2, 0.25) is 4.77 Å². The SMILES string of the molecule is CN(C)c1cccc(-n2[nH]nnc2=S)c1. The van der Waals surface area contributed by atoms with Crippen molar-refractivity contribution in [2.24, 2.45) is 0 Å². The molecule has 0 saturated carbocycles. The molecule has 6 heteroatoms. The molecule has 0 aliphatic rings. The molecule has 0 atom stereocenters. The minimum atomic E-state index is 0.422. The average molecular weight is 221 g/mol. The highest BCUT2D eigenvalue weighted by Gasteiger charge is 2.01. The second-order valence-electron chi connectivity index (χ2n) is 3.33. The van der Waals surface area contributed by atoms with E-state index >= 15 is 0 Å². The molecule has 1 aromatic heterocycles. The van der Waals surface area contributed by atoms with Crippen molar-refractivity contribution in [3.63, 3.8) is 0 Å². The van der Waals surface area contributed by atoms with E-state index in [4.69, 9.17) is 12.2 Å². The number of tetrazole rings is 1. The molecule has 1 aromatic carbocycles. The highest BCUT2D eigenvalue weighted by Crippen LogP contribution is 2.15. The lowest BCUT2D eigenvalue weighted by molar-refractivity contribution is 0.785. The first kappa shape index (κ1) is 9.85. The summed E-state index contributed by atoms with van der Waals surface area (Å²) < 4.78 is 2.08. The topological polar surface area (TPSA) is 49.7 Å². The van der Waals surface area contributed by atoms with Gasteiger partial charge >= 0.3 is 0 Å². The third kappa shape index (κ3) is 1.89. The van der Waals surface area contributed by atoms with Gasteiger partial charge in [-0.2, -0.15) is 5.21 Å². The monoisotopic (exact) mass is 221 g/mol. The van der Waals surface area contributed by atoms with Gasteiger partial charge in [0.15, 0.2) is 0 Å². The highest BCUT2D eigenvalue weighted by atomic mass is 32.1. The standard InChI is InChI=1S/C9H11N5S/c1-13(2)7-4-3-5-8(6-7)14-9(15)10-11-12-14/h3-6H,1-2H3,(H,10,12,15). The van der Waals surface area contributed by atoms with E-state index in [0.717, 1.165) is 11.4 Å². The van der Waals surface area contributed by atoms with E-state index in [1.165, 1.54) is 0 Å². The number of nitrogens with zero attached hydrogens (tertiary/aromatic N) is 4. The van der Waals surface area contributed by atoms with E-state index in [0.29, 0.717) is 4.77 Å². The number of hydrogen-bond acceptors (Lipinski definition) is 4. The Morgan fingerprint density at radius 1 is 1.40 bits per heavy atom. The summed E-state index contributed by atoms with van der Waals surface area (Å²) in [5.74, 6) is 0. The summed E-state index contributed by atoms with van der Waals surface area (Å²) in [5.41, 5.74) is 2.03. The number of anilines is 1. The number of nitrogens with one attached hydrogen (secondary N) is 1. The maximum Gasteiger partial charge on any atom is 0.242 e. The number of aromatic amines is 1. The molecular formula is C9H11N5S. The zero-order chi connectivity index (χ0) is 10.8. The first-order valence-corrected chi connectivity index (χ1v) is 4.87. The van der Waals surface area contributed by atoms with Crippen LogP contribution in [0.1, 0.15) is 0 Å². The van der Waals surface area contributed by atoms with Gasteiger partial charge in [0.05, 0.1) is 5.69 Å². The third-order valence-electron chi connectivity index (χ3n) is 2.08. The maximum atomic E-state index is 5.02. The molecule has 0 aliphatic carbocycles. The fourth-order valence-corrected chi connectivity index (χ4v) is 1.46. The van der Waals surface area contributed by atoms with Crippen LogP contribution in [-0.2, 0) is 0 Å². The first-order valence-electron chi connectivity index (χ1n) is 4.46. The first-order chi connectivity index (χ1) is 7.18. The Balaban J connectivity index is 2.50. The van der Waals surface area contributed by atoms with E-state index in [9.17, 15) is 0 Å². The van der Waals surface area contributed by atoms with Crippen LogP contribution in [0.3, 0.4) is 0 Å². The van der Waals surface area contributed by atoms with Crippen molar-refractivity contribution in [3.8, 4) is 5.69 Å².